The van der Waals surface area contributed by atoms with Gasteiger partial charge in [-0.3, -0.25) is 5.43 Å². The number of hydrazone groups is 1. The van der Waals surface area contributed by atoms with E-state index < -0.39 is 0 Å². The fraction of sp³-hybridized carbons (Fsp3) is 0.350. The maximum Gasteiger partial charge on any atom is 0.203 e. The Bertz CT molecular complexity index is 717. The summed E-state index contributed by atoms with van der Waals surface area (Å²) in [6, 6.07) is 9.88. The highest BCUT2D eigenvalue weighted by Gasteiger charge is 2.13. The number of nitrogens with one attached hydrogen (secondary N) is 1. The third-order valence-electron chi connectivity index (χ3n) is 3.85. The van der Waals surface area contributed by atoms with Crippen molar-refractivity contribution in [3.63, 3.8) is 0 Å². The van der Waals surface area contributed by atoms with Gasteiger partial charge < -0.3 is 14.2 Å². The van der Waals surface area contributed by atoms with Gasteiger partial charge in [-0.2, -0.15) is 5.10 Å². The first-order chi connectivity index (χ1) is 12.1. The first-order valence-electron chi connectivity index (χ1n) is 8.34. The predicted octanol–water partition coefficient (Wildman–Crippen LogP) is 4.56. The van der Waals surface area contributed by atoms with Crippen molar-refractivity contribution < 1.29 is 14.2 Å². The zero-order valence-electron chi connectivity index (χ0n) is 15.6. The van der Waals surface area contributed by atoms with E-state index in [1.54, 1.807) is 20.4 Å². The molecule has 5 nitrogen and oxygen atoms in total. The summed E-state index contributed by atoms with van der Waals surface area (Å²) >= 11 is 0. The van der Waals surface area contributed by atoms with Gasteiger partial charge in [0.15, 0.2) is 11.5 Å². The molecule has 25 heavy (non-hydrogen) atoms. The van der Waals surface area contributed by atoms with Crippen molar-refractivity contribution in [2.75, 3.05) is 26.3 Å². The maximum atomic E-state index is 5.74. The van der Waals surface area contributed by atoms with Crippen molar-refractivity contribution in [2.45, 2.75) is 27.2 Å². The van der Waals surface area contributed by atoms with Crippen molar-refractivity contribution in [3.05, 3.63) is 47.0 Å². The van der Waals surface area contributed by atoms with Crippen LogP contribution in [0.15, 0.2) is 35.4 Å². The molecule has 0 aromatic heterocycles. The minimum Gasteiger partial charge on any atom is -0.493 e. The second-order valence-electron chi connectivity index (χ2n) is 5.77. The predicted molar refractivity (Wildman–Crippen MR) is 102 cm³/mol. The Labute approximate surface area is 149 Å². The molecule has 0 aliphatic rings. The van der Waals surface area contributed by atoms with Crippen LogP contribution in [0.3, 0.4) is 0 Å². The molecule has 0 saturated carbocycles. The minimum atomic E-state index is 0.606. The number of rotatable bonds is 8. The van der Waals surface area contributed by atoms with Crippen LogP contribution in [0.2, 0.25) is 0 Å². The molecule has 0 bridgehead atoms. The lowest BCUT2D eigenvalue weighted by atomic mass is 10.1. The van der Waals surface area contributed by atoms with E-state index >= 15 is 0 Å². The summed E-state index contributed by atoms with van der Waals surface area (Å²) in [6.07, 6.45) is 2.64. The van der Waals surface area contributed by atoms with Gasteiger partial charge in [0.2, 0.25) is 5.75 Å². The number of aryl methyl sites for hydroxylation is 2. The number of anilines is 1. The molecule has 2 aromatic rings. The number of nitrogens with zero attached hydrogens (tertiary/aromatic N) is 1. The topological polar surface area (TPSA) is 52.1 Å². The molecule has 0 spiro atoms. The third-order valence-corrected chi connectivity index (χ3v) is 3.85. The van der Waals surface area contributed by atoms with Gasteiger partial charge >= 0.3 is 0 Å². The Morgan fingerprint density at radius 1 is 1.00 bits per heavy atom. The lowest BCUT2D eigenvalue weighted by Gasteiger charge is -2.14. The fourth-order valence-electron chi connectivity index (χ4n) is 2.31. The van der Waals surface area contributed by atoms with E-state index in [9.17, 15) is 0 Å². The number of benzene rings is 2. The van der Waals surface area contributed by atoms with E-state index in [2.05, 4.69) is 43.4 Å². The van der Waals surface area contributed by atoms with Crippen molar-refractivity contribution >= 4 is 11.9 Å². The highest BCUT2D eigenvalue weighted by Crippen LogP contribution is 2.38. The van der Waals surface area contributed by atoms with E-state index in [-0.39, 0.29) is 0 Å². The van der Waals surface area contributed by atoms with Crippen molar-refractivity contribution in [1.82, 2.24) is 0 Å². The van der Waals surface area contributed by atoms with Crippen LogP contribution >= 0.6 is 0 Å². The normalized spacial score (nSPS) is 10.8. The molecule has 0 heterocycles. The van der Waals surface area contributed by atoms with Gasteiger partial charge in [-0.05, 0) is 55.7 Å². The van der Waals surface area contributed by atoms with Gasteiger partial charge in [-0.25, -0.2) is 0 Å². The van der Waals surface area contributed by atoms with Gasteiger partial charge in [-0.1, -0.05) is 13.0 Å². The lowest BCUT2D eigenvalue weighted by Crippen LogP contribution is -2.01. The molecule has 0 saturated heterocycles. The summed E-state index contributed by atoms with van der Waals surface area (Å²) in [6.45, 7) is 6.82. The molecule has 0 aliphatic carbocycles. The van der Waals surface area contributed by atoms with Crippen molar-refractivity contribution in [2.24, 2.45) is 5.10 Å². The molecule has 5 heteroatoms. The standard InChI is InChI=1S/C20H26N2O3/c1-6-9-25-20-18(23-4)11-16(12-19(20)24-5)13-21-22-17-8-7-14(2)15(3)10-17/h7-8,10-13,22H,6,9H2,1-5H3/b21-13+. The first-order valence-corrected chi connectivity index (χ1v) is 8.34. The third kappa shape index (κ3) is 4.89. The average Bonchev–Trinajstić information content (AvgIpc) is 2.62. The molecule has 2 rings (SSSR count). The summed E-state index contributed by atoms with van der Waals surface area (Å²) in [5.74, 6) is 1.87. The van der Waals surface area contributed by atoms with Gasteiger partial charge in [0.25, 0.3) is 0 Å². The first kappa shape index (κ1) is 18.6. The van der Waals surface area contributed by atoms with E-state index in [1.807, 2.05) is 18.2 Å². The second kappa shape index (κ2) is 8.97. The molecule has 2 aromatic carbocycles. The molecular weight excluding hydrogens is 316 g/mol. The molecule has 0 atom stereocenters. The van der Waals surface area contributed by atoms with E-state index in [0.717, 1.165) is 17.7 Å². The van der Waals surface area contributed by atoms with Crippen LogP contribution in [-0.4, -0.2) is 27.0 Å². The van der Waals surface area contributed by atoms with Crippen LogP contribution in [0.1, 0.15) is 30.0 Å². The number of ether oxygens (including phenoxy) is 3. The van der Waals surface area contributed by atoms with Crippen LogP contribution in [0.4, 0.5) is 5.69 Å². The Kier molecular flexibility index (Phi) is 6.69. The number of methoxy groups -OCH3 is 2. The highest BCUT2D eigenvalue weighted by molar-refractivity contribution is 5.83. The van der Waals surface area contributed by atoms with E-state index in [1.165, 1.54) is 11.1 Å². The number of hydrogen-bond acceptors (Lipinski definition) is 5. The molecular formula is C20H26N2O3. The zero-order valence-corrected chi connectivity index (χ0v) is 15.6. The highest BCUT2D eigenvalue weighted by atomic mass is 16.5. The molecule has 134 valence electrons. The summed E-state index contributed by atoms with van der Waals surface area (Å²) in [4.78, 5) is 0. The second-order valence-corrected chi connectivity index (χ2v) is 5.77. The van der Waals surface area contributed by atoms with Crippen LogP contribution in [0, 0.1) is 13.8 Å². The van der Waals surface area contributed by atoms with Crippen LogP contribution in [-0.2, 0) is 0 Å². The van der Waals surface area contributed by atoms with Gasteiger partial charge in [0.05, 0.1) is 32.7 Å². The van der Waals surface area contributed by atoms with E-state index in [4.69, 9.17) is 14.2 Å². The van der Waals surface area contributed by atoms with Crippen molar-refractivity contribution in [1.29, 1.82) is 0 Å². The molecule has 0 unspecified atom stereocenters. The van der Waals surface area contributed by atoms with E-state index in [0.29, 0.717) is 23.9 Å². The Morgan fingerprint density at radius 3 is 2.24 bits per heavy atom. The van der Waals surface area contributed by atoms with Gasteiger partial charge in [-0.15, -0.1) is 0 Å². The summed E-state index contributed by atoms with van der Waals surface area (Å²) in [5, 5.41) is 4.30. The summed E-state index contributed by atoms with van der Waals surface area (Å²) < 4.78 is 16.6. The average molecular weight is 342 g/mol. The lowest BCUT2D eigenvalue weighted by molar-refractivity contribution is 0.275. The largest absolute Gasteiger partial charge is 0.493 e. The summed E-state index contributed by atoms with van der Waals surface area (Å²) in [7, 11) is 3.23. The maximum absolute atomic E-state index is 5.74. The quantitative estimate of drug-likeness (QED) is 0.564. The van der Waals surface area contributed by atoms with Crippen LogP contribution in [0.5, 0.6) is 17.2 Å². The molecule has 0 radical (unpaired) electrons. The smallest absolute Gasteiger partial charge is 0.203 e. The monoisotopic (exact) mass is 342 g/mol. The summed E-state index contributed by atoms with van der Waals surface area (Å²) in [5.41, 5.74) is 7.32. The Morgan fingerprint density at radius 2 is 1.68 bits per heavy atom. The Balaban J connectivity index is 2.19. The Hall–Kier alpha value is -2.69. The van der Waals surface area contributed by atoms with Gasteiger partial charge in [0.1, 0.15) is 0 Å². The fourth-order valence-corrected chi connectivity index (χ4v) is 2.31. The minimum absolute atomic E-state index is 0.606. The van der Waals surface area contributed by atoms with Crippen LogP contribution < -0.4 is 19.6 Å². The van der Waals surface area contributed by atoms with Crippen molar-refractivity contribution in [3.8, 4) is 17.2 Å². The zero-order chi connectivity index (χ0) is 18.2. The molecule has 0 fully saturated rings. The number of hydrogen-bond donors (Lipinski definition) is 1. The van der Waals surface area contributed by atoms with Crippen LogP contribution in [0.25, 0.3) is 0 Å². The molecule has 0 aliphatic heterocycles. The van der Waals surface area contributed by atoms with Gasteiger partial charge in [0, 0.05) is 5.56 Å². The molecule has 1 N–H and O–H groups in total. The SMILES string of the molecule is CCCOc1c(OC)cc(/C=N/Nc2ccc(C)c(C)c2)cc1OC. The molecule has 0 amide bonds.